The van der Waals surface area contributed by atoms with Crippen molar-refractivity contribution in [2.45, 2.75) is 29.0 Å². The van der Waals surface area contributed by atoms with E-state index in [-0.39, 0.29) is 11.7 Å². The Morgan fingerprint density at radius 2 is 1.77 bits per heavy atom. The second-order valence-electron chi connectivity index (χ2n) is 5.29. The summed E-state index contributed by atoms with van der Waals surface area (Å²) in [6, 6.07) is 13.7. The van der Waals surface area contributed by atoms with Gasteiger partial charge in [0.25, 0.3) is 0 Å². The highest BCUT2D eigenvalue weighted by Gasteiger charge is 2.29. The molecule has 1 fully saturated rings. The van der Waals surface area contributed by atoms with Gasteiger partial charge in [-0.05, 0) is 54.8 Å². The molecule has 1 unspecified atom stereocenters. The summed E-state index contributed by atoms with van der Waals surface area (Å²) in [5, 5.41) is 3.28. The molecule has 1 aliphatic carbocycles. The first kappa shape index (κ1) is 15.4. The van der Waals surface area contributed by atoms with Crippen LogP contribution in [-0.4, -0.2) is 11.9 Å². The summed E-state index contributed by atoms with van der Waals surface area (Å²) in [4.78, 5) is 13.4. The second kappa shape index (κ2) is 6.71. The molecule has 1 saturated carbocycles. The predicted octanol–water partition coefficient (Wildman–Crippen LogP) is 4.59. The number of halogens is 2. The Hall–Kier alpha value is -1.52. The van der Waals surface area contributed by atoms with E-state index in [0.717, 1.165) is 23.3 Å². The number of carbonyl (C=O) groups excluding carboxylic acids is 1. The summed E-state index contributed by atoms with van der Waals surface area (Å²) < 4.78 is 13.1. The summed E-state index contributed by atoms with van der Waals surface area (Å²) in [5.74, 6) is -0.337. The lowest BCUT2D eigenvalue weighted by atomic mass is 10.1. The molecule has 0 aliphatic heterocycles. The molecule has 1 aliphatic rings. The van der Waals surface area contributed by atoms with Crippen molar-refractivity contribution in [1.29, 1.82) is 0 Å². The van der Waals surface area contributed by atoms with Crippen LogP contribution in [0.2, 0.25) is 5.02 Å². The van der Waals surface area contributed by atoms with E-state index in [0.29, 0.717) is 11.1 Å². The third-order valence-electron chi connectivity index (χ3n) is 3.40. The Labute approximate surface area is 138 Å². The largest absolute Gasteiger partial charge is 0.352 e. The molecule has 5 heteroatoms. The van der Waals surface area contributed by atoms with Gasteiger partial charge in [0.2, 0.25) is 5.91 Å². The molecule has 0 radical (unpaired) electrons. The standard InChI is InChI=1S/C17H15ClFNOS/c18-12-3-9-15(10-4-12)22-16(17(21)20-14-7-8-14)11-1-5-13(19)6-2-11/h1-6,9-10,14,16H,7-8H2,(H,20,21). The minimum Gasteiger partial charge on any atom is -0.352 e. The predicted molar refractivity (Wildman–Crippen MR) is 87.6 cm³/mol. The van der Waals surface area contributed by atoms with Crippen LogP contribution >= 0.6 is 23.4 Å². The molecule has 3 rings (SSSR count). The Morgan fingerprint density at radius 1 is 1.14 bits per heavy atom. The first-order valence-corrected chi connectivity index (χ1v) is 8.35. The maximum absolute atomic E-state index is 13.1. The van der Waals surface area contributed by atoms with Gasteiger partial charge in [0, 0.05) is 16.0 Å². The van der Waals surface area contributed by atoms with Crippen molar-refractivity contribution in [3.63, 3.8) is 0 Å². The maximum atomic E-state index is 13.1. The van der Waals surface area contributed by atoms with E-state index >= 15 is 0 Å². The van der Waals surface area contributed by atoms with E-state index in [9.17, 15) is 9.18 Å². The smallest absolute Gasteiger partial charge is 0.238 e. The molecule has 1 atom stereocenters. The van der Waals surface area contributed by atoms with Crippen LogP contribution in [-0.2, 0) is 4.79 Å². The van der Waals surface area contributed by atoms with Crippen molar-refractivity contribution in [3.05, 3.63) is 64.9 Å². The van der Waals surface area contributed by atoms with Crippen LogP contribution in [0, 0.1) is 5.82 Å². The number of nitrogens with one attached hydrogen (secondary N) is 1. The van der Waals surface area contributed by atoms with E-state index in [1.807, 2.05) is 12.1 Å². The quantitative estimate of drug-likeness (QED) is 0.810. The Bertz CT molecular complexity index is 655. The molecule has 0 bridgehead atoms. The molecule has 2 nitrogen and oxygen atoms in total. The monoisotopic (exact) mass is 335 g/mol. The normalized spacial score (nSPS) is 15.4. The van der Waals surface area contributed by atoms with Crippen LogP contribution in [0.3, 0.4) is 0 Å². The van der Waals surface area contributed by atoms with Gasteiger partial charge in [-0.3, -0.25) is 4.79 Å². The highest BCUT2D eigenvalue weighted by molar-refractivity contribution is 8.00. The average molecular weight is 336 g/mol. The van der Waals surface area contributed by atoms with E-state index in [2.05, 4.69) is 5.32 Å². The number of benzene rings is 2. The Balaban J connectivity index is 1.82. The zero-order valence-corrected chi connectivity index (χ0v) is 13.3. The van der Waals surface area contributed by atoms with Crippen LogP contribution < -0.4 is 5.32 Å². The summed E-state index contributed by atoms with van der Waals surface area (Å²) in [7, 11) is 0. The van der Waals surface area contributed by atoms with Crippen molar-refractivity contribution in [3.8, 4) is 0 Å². The number of carbonyl (C=O) groups is 1. The Kier molecular flexibility index (Phi) is 4.69. The van der Waals surface area contributed by atoms with Gasteiger partial charge in [0.15, 0.2) is 0 Å². The molecule has 1 amide bonds. The topological polar surface area (TPSA) is 29.1 Å². The fourth-order valence-electron chi connectivity index (χ4n) is 2.06. The fourth-order valence-corrected chi connectivity index (χ4v) is 3.22. The lowest BCUT2D eigenvalue weighted by Gasteiger charge is -2.17. The van der Waals surface area contributed by atoms with Crippen molar-refractivity contribution < 1.29 is 9.18 Å². The fraction of sp³-hybridized carbons (Fsp3) is 0.235. The van der Waals surface area contributed by atoms with Gasteiger partial charge in [-0.2, -0.15) is 0 Å². The lowest BCUT2D eigenvalue weighted by molar-refractivity contribution is -0.120. The number of thioether (sulfide) groups is 1. The van der Waals surface area contributed by atoms with Crippen LogP contribution in [0.4, 0.5) is 4.39 Å². The van der Waals surface area contributed by atoms with Crippen LogP contribution in [0.25, 0.3) is 0 Å². The molecule has 114 valence electrons. The van der Waals surface area contributed by atoms with E-state index < -0.39 is 5.25 Å². The molecule has 1 N–H and O–H groups in total. The van der Waals surface area contributed by atoms with Gasteiger partial charge in [-0.25, -0.2) is 4.39 Å². The van der Waals surface area contributed by atoms with Crippen molar-refractivity contribution in [1.82, 2.24) is 5.32 Å². The molecule has 22 heavy (non-hydrogen) atoms. The summed E-state index contributed by atoms with van der Waals surface area (Å²) >= 11 is 7.33. The van der Waals surface area contributed by atoms with Gasteiger partial charge in [0.05, 0.1) is 0 Å². The SMILES string of the molecule is O=C(NC1CC1)C(Sc1ccc(Cl)cc1)c1ccc(F)cc1. The first-order valence-electron chi connectivity index (χ1n) is 7.10. The number of rotatable bonds is 5. The van der Waals surface area contributed by atoms with E-state index in [4.69, 9.17) is 11.6 Å². The van der Waals surface area contributed by atoms with E-state index in [1.54, 1.807) is 24.3 Å². The highest BCUT2D eigenvalue weighted by Crippen LogP contribution is 2.36. The zero-order valence-electron chi connectivity index (χ0n) is 11.8. The molecule has 0 spiro atoms. The molecule has 0 saturated heterocycles. The van der Waals surface area contributed by atoms with E-state index in [1.165, 1.54) is 23.9 Å². The lowest BCUT2D eigenvalue weighted by Crippen LogP contribution is -2.29. The summed E-state index contributed by atoms with van der Waals surface area (Å²) in [6.07, 6.45) is 2.07. The minimum atomic E-state index is -0.401. The number of hydrogen-bond donors (Lipinski definition) is 1. The summed E-state index contributed by atoms with van der Waals surface area (Å²) in [5.41, 5.74) is 0.791. The molecule has 0 heterocycles. The number of amides is 1. The van der Waals surface area contributed by atoms with Gasteiger partial charge < -0.3 is 5.32 Å². The van der Waals surface area contributed by atoms with Crippen molar-refractivity contribution >= 4 is 29.3 Å². The van der Waals surface area contributed by atoms with Gasteiger partial charge in [-0.1, -0.05) is 23.7 Å². The van der Waals surface area contributed by atoms with Gasteiger partial charge in [0.1, 0.15) is 11.1 Å². The number of hydrogen-bond acceptors (Lipinski definition) is 2. The van der Waals surface area contributed by atoms with Crippen molar-refractivity contribution in [2.24, 2.45) is 0 Å². The summed E-state index contributed by atoms with van der Waals surface area (Å²) in [6.45, 7) is 0. The van der Waals surface area contributed by atoms with Crippen LogP contribution in [0.1, 0.15) is 23.7 Å². The molecule has 2 aromatic rings. The van der Waals surface area contributed by atoms with Gasteiger partial charge >= 0.3 is 0 Å². The first-order chi connectivity index (χ1) is 10.6. The maximum Gasteiger partial charge on any atom is 0.238 e. The highest BCUT2D eigenvalue weighted by atomic mass is 35.5. The van der Waals surface area contributed by atoms with Crippen molar-refractivity contribution in [2.75, 3.05) is 0 Å². The third-order valence-corrected chi connectivity index (χ3v) is 4.92. The average Bonchev–Trinajstić information content (AvgIpc) is 3.31. The third kappa shape index (κ3) is 4.02. The molecular formula is C17H15ClFNOS. The van der Waals surface area contributed by atoms with Crippen LogP contribution in [0.15, 0.2) is 53.4 Å². The minimum absolute atomic E-state index is 0.0333. The zero-order chi connectivity index (χ0) is 15.5. The van der Waals surface area contributed by atoms with Gasteiger partial charge in [-0.15, -0.1) is 11.8 Å². The van der Waals surface area contributed by atoms with Crippen LogP contribution in [0.5, 0.6) is 0 Å². The molecular weight excluding hydrogens is 321 g/mol. The Morgan fingerprint density at radius 3 is 2.36 bits per heavy atom. The molecule has 0 aromatic heterocycles. The molecule has 2 aromatic carbocycles. The second-order valence-corrected chi connectivity index (χ2v) is 6.90.